The number of aromatic nitrogens is 5. The van der Waals surface area contributed by atoms with E-state index in [-0.39, 0.29) is 11.2 Å². The number of rotatable bonds is 4. The molecule has 0 N–H and O–H groups in total. The monoisotopic (exact) mass is 363 g/mol. The molecule has 0 aliphatic carbocycles. The third kappa shape index (κ3) is 3.49. The second-order valence-electron chi connectivity index (χ2n) is 6.29. The zero-order valence-corrected chi connectivity index (χ0v) is 15.6. The van der Waals surface area contributed by atoms with Gasteiger partial charge in [-0.2, -0.15) is 4.37 Å². The molecule has 0 aliphatic heterocycles. The van der Waals surface area contributed by atoms with Crippen LogP contribution in [-0.4, -0.2) is 24.1 Å². The van der Waals surface area contributed by atoms with Gasteiger partial charge in [0, 0.05) is 17.5 Å². The van der Waals surface area contributed by atoms with Gasteiger partial charge in [-0.3, -0.25) is 0 Å². The molecule has 0 fully saturated rings. The van der Waals surface area contributed by atoms with E-state index in [1.165, 1.54) is 35.4 Å². The van der Waals surface area contributed by atoms with E-state index in [0.29, 0.717) is 6.54 Å². The predicted molar refractivity (Wildman–Crippen MR) is 93.8 cm³/mol. The molecule has 0 aliphatic rings. The van der Waals surface area contributed by atoms with Crippen LogP contribution in [0.25, 0.3) is 11.4 Å². The third-order valence-electron chi connectivity index (χ3n) is 3.39. The lowest BCUT2D eigenvalue weighted by molar-refractivity contribution is 0.551. The normalized spacial score (nSPS) is 11.9. The van der Waals surface area contributed by atoms with Crippen molar-refractivity contribution in [2.75, 3.05) is 0 Å². The van der Waals surface area contributed by atoms with Crippen molar-refractivity contribution in [2.24, 2.45) is 0 Å². The molecule has 2 heterocycles. The van der Waals surface area contributed by atoms with Gasteiger partial charge in [0.2, 0.25) is 0 Å². The van der Waals surface area contributed by atoms with Crippen molar-refractivity contribution >= 4 is 23.3 Å². The van der Waals surface area contributed by atoms with Gasteiger partial charge in [-0.25, -0.2) is 9.37 Å². The summed E-state index contributed by atoms with van der Waals surface area (Å²) in [5, 5.41) is 9.30. The number of hydrogen-bond donors (Lipinski definition) is 0. The minimum Gasteiger partial charge on any atom is -0.302 e. The Morgan fingerprint density at radius 1 is 1.17 bits per heavy atom. The molecule has 0 bridgehead atoms. The van der Waals surface area contributed by atoms with Crippen molar-refractivity contribution in [3.05, 3.63) is 35.9 Å². The Labute approximate surface area is 148 Å². The molecule has 3 rings (SSSR count). The van der Waals surface area contributed by atoms with E-state index in [1.54, 1.807) is 12.1 Å². The van der Waals surface area contributed by atoms with Crippen molar-refractivity contribution < 1.29 is 4.39 Å². The van der Waals surface area contributed by atoms with E-state index >= 15 is 0 Å². The average molecular weight is 363 g/mol. The molecular formula is C16H18FN5S2. The van der Waals surface area contributed by atoms with Gasteiger partial charge in [-0.1, -0.05) is 20.8 Å². The molecule has 8 heteroatoms. The highest BCUT2D eigenvalue weighted by atomic mass is 32.2. The first-order valence-electron chi connectivity index (χ1n) is 7.59. The summed E-state index contributed by atoms with van der Waals surface area (Å²) in [6.45, 7) is 9.01. The van der Waals surface area contributed by atoms with Crippen molar-refractivity contribution in [1.82, 2.24) is 24.1 Å². The van der Waals surface area contributed by atoms with E-state index in [9.17, 15) is 4.39 Å². The molecule has 0 spiro atoms. The Bertz CT molecular complexity index is 833. The molecule has 126 valence electrons. The predicted octanol–water partition coefficient (Wildman–Crippen LogP) is 4.40. The van der Waals surface area contributed by atoms with Crippen LogP contribution in [0.4, 0.5) is 4.39 Å². The molecule has 24 heavy (non-hydrogen) atoms. The Hall–Kier alpha value is -1.80. The lowest BCUT2D eigenvalue weighted by atomic mass is 9.96. The molecular weight excluding hydrogens is 345 g/mol. The van der Waals surface area contributed by atoms with Crippen molar-refractivity contribution in [3.8, 4) is 11.4 Å². The summed E-state index contributed by atoms with van der Waals surface area (Å²) < 4.78 is 20.4. The largest absolute Gasteiger partial charge is 0.302 e. The second kappa shape index (κ2) is 6.60. The smallest absolute Gasteiger partial charge is 0.198 e. The summed E-state index contributed by atoms with van der Waals surface area (Å²) in [7, 11) is 0. The van der Waals surface area contributed by atoms with Gasteiger partial charge in [0.1, 0.15) is 11.6 Å². The summed E-state index contributed by atoms with van der Waals surface area (Å²) in [6, 6.07) is 6.28. The lowest BCUT2D eigenvalue weighted by Gasteiger charge is -2.12. The molecule has 5 nitrogen and oxygen atoms in total. The van der Waals surface area contributed by atoms with E-state index in [1.807, 2.05) is 11.5 Å². The highest BCUT2D eigenvalue weighted by Crippen LogP contribution is 2.32. The SMILES string of the molecule is CCn1c(Sc2nc(C(C)(C)C)ns2)nnc1-c1ccc(F)cc1. The summed E-state index contributed by atoms with van der Waals surface area (Å²) in [4.78, 5) is 4.59. The van der Waals surface area contributed by atoms with Crippen LogP contribution in [-0.2, 0) is 12.0 Å². The maximum Gasteiger partial charge on any atom is 0.198 e. The maximum atomic E-state index is 13.1. The summed E-state index contributed by atoms with van der Waals surface area (Å²) in [5.74, 6) is 1.29. The van der Waals surface area contributed by atoms with Gasteiger partial charge in [0.25, 0.3) is 0 Å². The Morgan fingerprint density at radius 3 is 2.46 bits per heavy atom. The lowest BCUT2D eigenvalue weighted by Crippen LogP contribution is -2.12. The fraction of sp³-hybridized carbons (Fsp3) is 0.375. The highest BCUT2D eigenvalue weighted by molar-refractivity contribution is 8.00. The molecule has 0 unspecified atom stereocenters. The Kier molecular flexibility index (Phi) is 4.69. The Balaban J connectivity index is 1.89. The highest BCUT2D eigenvalue weighted by Gasteiger charge is 2.21. The Morgan fingerprint density at radius 2 is 1.88 bits per heavy atom. The number of hydrogen-bond acceptors (Lipinski definition) is 6. The van der Waals surface area contributed by atoms with Crippen LogP contribution in [0.2, 0.25) is 0 Å². The first-order valence-corrected chi connectivity index (χ1v) is 9.18. The third-order valence-corrected chi connectivity index (χ3v) is 5.13. The number of nitrogens with zero attached hydrogens (tertiary/aromatic N) is 5. The summed E-state index contributed by atoms with van der Waals surface area (Å²) >= 11 is 2.82. The zero-order chi connectivity index (χ0) is 17.3. The van der Waals surface area contributed by atoms with Crippen molar-refractivity contribution in [1.29, 1.82) is 0 Å². The molecule has 0 saturated carbocycles. The quantitative estimate of drug-likeness (QED) is 0.687. The first-order chi connectivity index (χ1) is 11.4. The van der Waals surface area contributed by atoms with Crippen LogP contribution >= 0.6 is 23.3 Å². The minimum absolute atomic E-state index is 0.0764. The summed E-state index contributed by atoms with van der Waals surface area (Å²) in [6.07, 6.45) is 0. The van der Waals surface area contributed by atoms with E-state index in [2.05, 4.69) is 40.3 Å². The first kappa shape index (κ1) is 17.0. The molecule has 0 radical (unpaired) electrons. The van der Waals surface area contributed by atoms with Crippen LogP contribution in [0.1, 0.15) is 33.5 Å². The van der Waals surface area contributed by atoms with Gasteiger partial charge in [0.15, 0.2) is 15.3 Å². The molecule has 1 aromatic carbocycles. The van der Waals surface area contributed by atoms with Crippen LogP contribution < -0.4 is 0 Å². The van der Waals surface area contributed by atoms with Gasteiger partial charge < -0.3 is 4.57 Å². The molecule has 3 aromatic rings. The second-order valence-corrected chi connectivity index (χ2v) is 8.26. The van der Waals surface area contributed by atoms with Crippen molar-refractivity contribution in [2.45, 2.75) is 49.2 Å². The van der Waals surface area contributed by atoms with Crippen LogP contribution in [0, 0.1) is 5.82 Å². The minimum atomic E-state index is -0.264. The van der Waals surface area contributed by atoms with E-state index < -0.39 is 0 Å². The summed E-state index contributed by atoms with van der Waals surface area (Å²) in [5.41, 5.74) is 0.762. The topological polar surface area (TPSA) is 56.5 Å². The number of benzene rings is 1. The fourth-order valence-corrected chi connectivity index (χ4v) is 3.88. The van der Waals surface area contributed by atoms with Crippen molar-refractivity contribution in [3.63, 3.8) is 0 Å². The van der Waals surface area contributed by atoms with Crippen LogP contribution in [0.3, 0.4) is 0 Å². The maximum absolute atomic E-state index is 13.1. The van der Waals surface area contributed by atoms with Gasteiger partial charge in [-0.05, 0) is 54.5 Å². The molecule has 0 saturated heterocycles. The number of halogens is 1. The van der Waals surface area contributed by atoms with Crippen LogP contribution in [0.15, 0.2) is 33.8 Å². The molecule has 2 aromatic heterocycles. The van der Waals surface area contributed by atoms with Gasteiger partial charge >= 0.3 is 0 Å². The van der Waals surface area contributed by atoms with Gasteiger partial charge in [0.05, 0.1) is 0 Å². The van der Waals surface area contributed by atoms with E-state index in [4.69, 9.17) is 0 Å². The standard InChI is InChI=1S/C16H18FN5S2/c1-5-22-12(10-6-8-11(17)9-7-10)19-20-14(22)23-15-18-13(21-24-15)16(2,3)4/h6-9H,5H2,1-4H3. The fourth-order valence-electron chi connectivity index (χ4n) is 2.10. The molecule has 0 atom stereocenters. The van der Waals surface area contributed by atoms with Crippen LogP contribution in [0.5, 0.6) is 0 Å². The molecule has 0 amide bonds. The van der Waals surface area contributed by atoms with E-state index in [0.717, 1.165) is 26.7 Å². The van der Waals surface area contributed by atoms with Gasteiger partial charge in [-0.15, -0.1) is 10.2 Å². The average Bonchev–Trinajstić information content (AvgIpc) is 3.15. The zero-order valence-electron chi connectivity index (χ0n) is 13.9.